The molecule has 176 valence electrons. The molecule has 0 saturated heterocycles. The first-order valence-electron chi connectivity index (χ1n) is 10.00. The predicted molar refractivity (Wildman–Crippen MR) is 117 cm³/mol. The van der Waals surface area contributed by atoms with Crippen LogP contribution in [0.2, 0.25) is 0 Å². The van der Waals surface area contributed by atoms with Crippen LogP contribution in [0, 0.1) is 0 Å². The smallest absolute Gasteiger partial charge is 0.456 e. The maximum absolute atomic E-state index is 12.7. The highest BCUT2D eigenvalue weighted by Gasteiger charge is 2.32. The zero-order valence-electron chi connectivity index (χ0n) is 18.7. The van der Waals surface area contributed by atoms with Crippen molar-refractivity contribution in [3.05, 3.63) is 60.7 Å². The van der Waals surface area contributed by atoms with Crippen LogP contribution in [0.1, 0.15) is 20.8 Å². The molecular weight excluding hydrogens is 439 g/mol. The molecule has 0 fully saturated rings. The number of para-hydroxylation sites is 1. The summed E-state index contributed by atoms with van der Waals surface area (Å²) >= 11 is 0. The third-order valence-corrected chi connectivity index (χ3v) is 4.45. The Hall–Kier alpha value is -3.46. The molecule has 0 spiro atoms. The number of ether oxygens (including phenoxy) is 2. The minimum atomic E-state index is -4.82. The lowest BCUT2D eigenvalue weighted by Gasteiger charge is -2.29. The van der Waals surface area contributed by atoms with Crippen molar-refractivity contribution in [1.29, 1.82) is 0 Å². The maximum atomic E-state index is 12.7. The molecule has 2 aromatic carbocycles. The first-order valence-corrected chi connectivity index (χ1v) is 10.00. The van der Waals surface area contributed by atoms with Gasteiger partial charge in [0.05, 0.1) is 12.1 Å². The highest BCUT2D eigenvalue weighted by molar-refractivity contribution is 5.87. The van der Waals surface area contributed by atoms with Crippen LogP contribution in [0.5, 0.6) is 11.5 Å². The number of esters is 1. The van der Waals surface area contributed by atoms with Crippen molar-refractivity contribution in [2.24, 2.45) is 0 Å². The van der Waals surface area contributed by atoms with Crippen LogP contribution in [0.4, 0.5) is 13.2 Å². The molecule has 0 amide bonds. The van der Waals surface area contributed by atoms with E-state index in [4.69, 9.17) is 14.0 Å². The number of fused-ring (bicyclic) bond motifs is 1. The number of furan rings is 1. The van der Waals surface area contributed by atoms with Gasteiger partial charge in [0, 0.05) is 24.1 Å². The number of benzene rings is 2. The van der Waals surface area contributed by atoms with E-state index in [0.717, 1.165) is 0 Å². The molecule has 0 bridgehead atoms. The summed E-state index contributed by atoms with van der Waals surface area (Å²) in [5, 5.41) is 2.18. The van der Waals surface area contributed by atoms with Crippen LogP contribution >= 0.6 is 0 Å². The number of hydroxylamine groups is 2. The molecule has 0 aliphatic heterocycles. The van der Waals surface area contributed by atoms with Crippen molar-refractivity contribution in [3.63, 3.8) is 0 Å². The summed E-state index contributed by atoms with van der Waals surface area (Å²) in [6.45, 7) is 8.89. The molecule has 9 heteroatoms. The number of alkyl halides is 3. The minimum absolute atomic E-state index is 0.173. The highest BCUT2D eigenvalue weighted by Crippen LogP contribution is 2.37. The van der Waals surface area contributed by atoms with Gasteiger partial charge in [-0.2, -0.15) is 0 Å². The van der Waals surface area contributed by atoms with Crippen molar-refractivity contribution >= 4 is 16.9 Å². The molecule has 0 aliphatic carbocycles. The van der Waals surface area contributed by atoms with Crippen molar-refractivity contribution in [1.82, 2.24) is 5.06 Å². The first kappa shape index (κ1) is 24.2. The zero-order chi connectivity index (χ0) is 24.4. The number of halogens is 3. The second-order valence-corrected chi connectivity index (χ2v) is 8.16. The van der Waals surface area contributed by atoms with Gasteiger partial charge in [0.15, 0.2) is 5.75 Å². The molecule has 0 N–H and O–H groups in total. The Morgan fingerprint density at radius 1 is 1.12 bits per heavy atom. The number of hydrogen-bond donors (Lipinski definition) is 0. The van der Waals surface area contributed by atoms with Crippen LogP contribution < -0.4 is 9.57 Å². The molecule has 33 heavy (non-hydrogen) atoms. The lowest BCUT2D eigenvalue weighted by atomic mass is 10.1. The van der Waals surface area contributed by atoms with E-state index in [0.29, 0.717) is 22.3 Å². The van der Waals surface area contributed by atoms with E-state index in [1.54, 1.807) is 58.2 Å². The van der Waals surface area contributed by atoms with Gasteiger partial charge >= 0.3 is 12.3 Å². The molecule has 1 aromatic heterocycles. The molecule has 0 atom stereocenters. The monoisotopic (exact) mass is 463 g/mol. The standard InChI is InChI=1S/C24H24F3NO5/c1-15(2)22(29)32-23(3,4)14-28(5)33-17-11-10-16-12-21(30-20(16)13-17)18-8-6-7-9-19(18)31-24(25,26)27/h6-13H,1,14H2,2-5H3. The predicted octanol–water partition coefficient (Wildman–Crippen LogP) is 6.12. The molecule has 1 heterocycles. The normalized spacial score (nSPS) is 12.1. The van der Waals surface area contributed by atoms with Crippen LogP contribution in [0.15, 0.2) is 65.1 Å². The number of carbonyl (C=O) groups excluding carboxylic acids is 1. The summed E-state index contributed by atoms with van der Waals surface area (Å²) < 4.78 is 53.5. The molecular formula is C24H24F3NO5. The van der Waals surface area contributed by atoms with Crippen LogP contribution in [-0.4, -0.2) is 36.6 Å². The van der Waals surface area contributed by atoms with Gasteiger partial charge in [-0.1, -0.05) is 18.7 Å². The van der Waals surface area contributed by atoms with E-state index in [2.05, 4.69) is 11.3 Å². The molecule has 0 unspecified atom stereocenters. The van der Waals surface area contributed by atoms with E-state index in [1.165, 1.54) is 23.3 Å². The number of likely N-dealkylation sites (N-methyl/N-ethyl adjacent to an activating group) is 1. The number of hydrogen-bond acceptors (Lipinski definition) is 6. The van der Waals surface area contributed by atoms with Crippen molar-refractivity contribution in [3.8, 4) is 22.8 Å². The molecule has 0 aliphatic rings. The van der Waals surface area contributed by atoms with E-state index in [1.807, 2.05) is 0 Å². The van der Waals surface area contributed by atoms with Gasteiger partial charge in [0.2, 0.25) is 0 Å². The summed E-state index contributed by atoms with van der Waals surface area (Å²) in [6, 6.07) is 12.4. The first-order chi connectivity index (χ1) is 15.3. The average molecular weight is 463 g/mol. The fourth-order valence-corrected chi connectivity index (χ4v) is 3.20. The van der Waals surface area contributed by atoms with E-state index in [-0.39, 0.29) is 23.6 Å². The molecule has 3 rings (SSSR count). The number of rotatable bonds is 8. The van der Waals surface area contributed by atoms with Gasteiger partial charge in [-0.25, -0.2) is 4.79 Å². The Bertz CT molecular complexity index is 1170. The van der Waals surface area contributed by atoms with Crippen molar-refractivity contribution in [2.45, 2.75) is 32.7 Å². The Kier molecular flexibility index (Phi) is 6.73. The van der Waals surface area contributed by atoms with E-state index in [9.17, 15) is 18.0 Å². The summed E-state index contributed by atoms with van der Waals surface area (Å²) in [5.74, 6) is -0.185. The zero-order valence-corrected chi connectivity index (χ0v) is 18.7. The second-order valence-electron chi connectivity index (χ2n) is 8.16. The lowest BCUT2D eigenvalue weighted by molar-refractivity contribution is -0.274. The maximum Gasteiger partial charge on any atom is 0.573 e. The third kappa shape index (κ3) is 6.52. The molecule has 3 aromatic rings. The highest BCUT2D eigenvalue weighted by atomic mass is 19.4. The van der Waals surface area contributed by atoms with Gasteiger partial charge in [0.1, 0.15) is 22.7 Å². The summed E-state index contributed by atoms with van der Waals surface area (Å²) in [5.41, 5.74) is 0.0554. The van der Waals surface area contributed by atoms with Gasteiger partial charge in [0.25, 0.3) is 0 Å². The third-order valence-electron chi connectivity index (χ3n) is 4.45. The average Bonchev–Trinajstić information content (AvgIpc) is 3.09. The number of nitrogens with zero attached hydrogens (tertiary/aromatic N) is 1. The Balaban J connectivity index is 1.77. The van der Waals surface area contributed by atoms with Crippen molar-refractivity contribution in [2.75, 3.05) is 13.6 Å². The fraction of sp³-hybridized carbons (Fsp3) is 0.292. The van der Waals surface area contributed by atoms with Crippen molar-refractivity contribution < 1.29 is 36.7 Å². The fourth-order valence-electron chi connectivity index (χ4n) is 3.20. The van der Waals surface area contributed by atoms with Gasteiger partial charge < -0.3 is 18.7 Å². The second kappa shape index (κ2) is 9.19. The van der Waals surface area contributed by atoms with Gasteiger partial charge in [-0.3, -0.25) is 0 Å². The Labute approximate surface area is 189 Å². The number of carbonyl (C=O) groups is 1. The van der Waals surface area contributed by atoms with Crippen LogP contribution in [-0.2, 0) is 9.53 Å². The Morgan fingerprint density at radius 3 is 2.48 bits per heavy atom. The summed E-state index contributed by atoms with van der Waals surface area (Å²) in [7, 11) is 1.68. The molecule has 0 saturated carbocycles. The van der Waals surface area contributed by atoms with Crippen LogP contribution in [0.25, 0.3) is 22.3 Å². The quantitative estimate of drug-likeness (QED) is 0.228. The van der Waals surface area contributed by atoms with Gasteiger partial charge in [-0.15, -0.1) is 18.2 Å². The minimum Gasteiger partial charge on any atom is -0.456 e. The van der Waals surface area contributed by atoms with E-state index >= 15 is 0 Å². The molecule has 0 radical (unpaired) electrons. The molecule has 6 nitrogen and oxygen atoms in total. The van der Waals surface area contributed by atoms with Gasteiger partial charge in [-0.05, 0) is 51.1 Å². The topological polar surface area (TPSA) is 61.1 Å². The Morgan fingerprint density at radius 2 is 1.82 bits per heavy atom. The lowest BCUT2D eigenvalue weighted by Crippen LogP contribution is -2.41. The SMILES string of the molecule is C=C(C)C(=O)OC(C)(C)CN(C)Oc1ccc2cc(-c3ccccc3OC(F)(F)F)oc2c1. The largest absolute Gasteiger partial charge is 0.573 e. The van der Waals surface area contributed by atoms with E-state index < -0.39 is 17.9 Å². The van der Waals surface area contributed by atoms with Crippen LogP contribution in [0.3, 0.4) is 0 Å². The summed E-state index contributed by atoms with van der Waals surface area (Å²) in [6.07, 6.45) is -4.82. The summed E-state index contributed by atoms with van der Waals surface area (Å²) in [4.78, 5) is 17.6.